The highest BCUT2D eigenvalue weighted by atomic mass is 16.3. The number of carbonyl (C=O) groups is 2. The Morgan fingerprint density at radius 1 is 0.324 bits per heavy atom. The highest BCUT2D eigenvalue weighted by molar-refractivity contribution is 6.30. The largest absolute Gasteiger partial charge is 0.456 e. The molecule has 20 rings (SSSR count). The van der Waals surface area contributed by atoms with Gasteiger partial charge in [-0.1, -0.05) is 133 Å². The predicted molar refractivity (Wildman–Crippen MR) is 281 cm³/mol. The zero-order valence-electron chi connectivity index (χ0n) is 37.8. The predicted octanol–water partition coefficient (Wildman–Crippen LogP) is 15.9. The third kappa shape index (κ3) is 4.34. The normalized spacial score (nSPS) is 18.5. The van der Waals surface area contributed by atoms with Crippen molar-refractivity contribution in [3.8, 4) is 11.1 Å². The summed E-state index contributed by atoms with van der Waals surface area (Å²) in [5.41, 5.74) is 20.9. The molecule has 10 aromatic carbocycles. The molecule has 4 heterocycles. The Kier molecular flexibility index (Phi) is 6.54. The fourth-order valence-corrected chi connectivity index (χ4v) is 14.5. The van der Waals surface area contributed by atoms with E-state index in [0.29, 0.717) is 0 Å². The van der Waals surface area contributed by atoms with E-state index in [4.69, 9.17) is 8.83 Å². The van der Waals surface area contributed by atoms with Gasteiger partial charge in [0.1, 0.15) is 22.3 Å². The summed E-state index contributed by atoms with van der Waals surface area (Å²) >= 11 is 0. The molecule has 0 aliphatic heterocycles. The Bertz CT molecular complexity index is 4460. The first-order valence-corrected chi connectivity index (χ1v) is 24.6. The molecule has 0 saturated heterocycles. The standard InChI is InChI=1S/C66H35NO4/c68-65-49-29-51-43(27-45(49)58-33-13-1-5-17-37(33)60(65)38-18-6-2-14-34(38)58)47-25-32(57-62-41-21-9-11-23-53(41)70-55(62)31-56-63(57)42-22-10-12-24-54(42)71-56)26-48-44-28-46-50(30-52(44)67(51)64(47)48)66(69)61-39-19-7-3-15-35(39)59(46)36-16-4-8-20-40(36)61/h1-31,58-61H. The van der Waals surface area contributed by atoms with Crippen molar-refractivity contribution < 1.29 is 18.4 Å². The molecule has 0 unspecified atom stereocenters. The maximum absolute atomic E-state index is 15.5. The van der Waals surface area contributed by atoms with Crippen LogP contribution in [0.15, 0.2) is 197 Å². The van der Waals surface area contributed by atoms with Gasteiger partial charge in [-0.3, -0.25) is 9.59 Å². The summed E-state index contributed by atoms with van der Waals surface area (Å²) in [7, 11) is 0. The van der Waals surface area contributed by atoms with E-state index in [1.54, 1.807) is 0 Å². The van der Waals surface area contributed by atoms with Crippen LogP contribution < -0.4 is 0 Å². The summed E-state index contributed by atoms with van der Waals surface area (Å²) in [6, 6.07) is 66.7. The highest BCUT2D eigenvalue weighted by Gasteiger charge is 2.45. The Labute approximate surface area is 404 Å². The molecule has 4 bridgehead atoms. The van der Waals surface area contributed by atoms with Crippen LogP contribution in [0.4, 0.5) is 0 Å². The van der Waals surface area contributed by atoms with Crippen LogP contribution >= 0.6 is 0 Å². The Hall–Kier alpha value is -9.06. The van der Waals surface area contributed by atoms with Crippen LogP contribution in [0.25, 0.3) is 93.1 Å². The van der Waals surface area contributed by atoms with E-state index in [1.807, 2.05) is 24.3 Å². The molecule has 0 N–H and O–H groups in total. The van der Waals surface area contributed by atoms with Crippen molar-refractivity contribution in [1.82, 2.24) is 4.40 Å². The number of fused-ring (bicyclic) bond motifs is 12. The molecule has 0 fully saturated rings. The molecule has 6 aliphatic rings. The second kappa shape index (κ2) is 12.6. The highest BCUT2D eigenvalue weighted by Crippen LogP contribution is 2.57. The second-order valence-corrected chi connectivity index (χ2v) is 20.3. The molecule has 71 heavy (non-hydrogen) atoms. The minimum absolute atomic E-state index is 0.115. The summed E-state index contributed by atoms with van der Waals surface area (Å²) in [5.74, 6) is -0.794. The molecule has 0 spiro atoms. The molecule has 0 saturated carbocycles. The molecule has 6 aliphatic carbocycles. The van der Waals surface area contributed by atoms with Gasteiger partial charge in [0.05, 0.1) is 28.4 Å². The number of ketones is 2. The molecule has 5 heteroatoms. The molecule has 0 radical (unpaired) electrons. The summed E-state index contributed by atoms with van der Waals surface area (Å²) in [4.78, 5) is 31.0. The lowest BCUT2D eigenvalue weighted by molar-refractivity contribution is 0.0966. The summed E-state index contributed by atoms with van der Waals surface area (Å²) in [6.45, 7) is 0. The van der Waals surface area contributed by atoms with Gasteiger partial charge in [-0.05, 0) is 110 Å². The first kappa shape index (κ1) is 36.9. The summed E-state index contributed by atoms with van der Waals surface area (Å²) in [6.07, 6.45) is 0. The third-order valence-corrected chi connectivity index (χ3v) is 17.2. The molecule has 14 aromatic rings. The number of carbonyl (C=O) groups excluding carboxylic acids is 2. The van der Waals surface area contributed by atoms with Gasteiger partial charge >= 0.3 is 0 Å². The Morgan fingerprint density at radius 3 is 1.10 bits per heavy atom. The lowest BCUT2D eigenvalue weighted by Gasteiger charge is -2.30. The number of hydrogen-bond acceptors (Lipinski definition) is 4. The van der Waals surface area contributed by atoms with Crippen LogP contribution in [-0.4, -0.2) is 16.0 Å². The molecule has 5 nitrogen and oxygen atoms in total. The van der Waals surface area contributed by atoms with Crippen LogP contribution in [0.2, 0.25) is 0 Å². The van der Waals surface area contributed by atoms with Crippen molar-refractivity contribution >= 4 is 93.5 Å². The molecule has 0 atom stereocenters. The quantitative estimate of drug-likeness (QED) is 0.165. The number of Topliss-reactive ketones (excluding diaryl/α,β-unsaturated/α-hetero) is 2. The first-order chi connectivity index (χ1) is 35.1. The average Bonchev–Trinajstić information content (AvgIpc) is 4.12. The summed E-state index contributed by atoms with van der Waals surface area (Å²) < 4.78 is 15.8. The molecule has 0 amide bonds. The number of para-hydroxylation sites is 2. The van der Waals surface area contributed by atoms with Crippen LogP contribution in [0.5, 0.6) is 0 Å². The van der Waals surface area contributed by atoms with Crippen molar-refractivity contribution in [1.29, 1.82) is 0 Å². The van der Waals surface area contributed by atoms with Crippen molar-refractivity contribution in [2.24, 2.45) is 0 Å². The van der Waals surface area contributed by atoms with E-state index >= 15 is 9.59 Å². The molecular formula is C66H35NO4. The van der Waals surface area contributed by atoms with Gasteiger partial charge < -0.3 is 13.2 Å². The average molecular weight is 906 g/mol. The molecule has 4 aromatic heterocycles. The fourth-order valence-electron chi connectivity index (χ4n) is 14.5. The van der Waals surface area contributed by atoms with Crippen molar-refractivity contribution in [3.63, 3.8) is 0 Å². The fraction of sp³-hybridized carbons (Fsp3) is 0.0606. The number of aromatic nitrogens is 1. The van der Waals surface area contributed by atoms with Crippen molar-refractivity contribution in [3.05, 3.63) is 255 Å². The lowest BCUT2D eigenvalue weighted by atomic mass is 9.72. The van der Waals surface area contributed by atoms with Crippen LogP contribution in [0.1, 0.15) is 100 Å². The number of furan rings is 2. The van der Waals surface area contributed by atoms with Gasteiger partial charge in [0, 0.05) is 77.7 Å². The van der Waals surface area contributed by atoms with E-state index in [-0.39, 0.29) is 23.4 Å². The molecule has 328 valence electrons. The van der Waals surface area contributed by atoms with E-state index in [0.717, 1.165) is 138 Å². The number of benzene rings is 10. The second-order valence-electron chi connectivity index (χ2n) is 20.3. The molecular weight excluding hydrogens is 871 g/mol. The van der Waals surface area contributed by atoms with Crippen molar-refractivity contribution in [2.45, 2.75) is 23.7 Å². The number of rotatable bonds is 1. The van der Waals surface area contributed by atoms with Gasteiger partial charge in [-0.15, -0.1) is 0 Å². The van der Waals surface area contributed by atoms with E-state index < -0.39 is 11.8 Å². The maximum Gasteiger partial charge on any atom is 0.175 e. The minimum atomic E-state index is -0.403. The Morgan fingerprint density at radius 2 is 0.690 bits per heavy atom. The van der Waals surface area contributed by atoms with Crippen LogP contribution in [0.3, 0.4) is 0 Å². The van der Waals surface area contributed by atoms with E-state index in [2.05, 4.69) is 168 Å². The smallest absolute Gasteiger partial charge is 0.175 e. The number of nitrogens with zero attached hydrogens (tertiary/aromatic N) is 1. The van der Waals surface area contributed by atoms with E-state index in [1.165, 1.54) is 22.3 Å². The summed E-state index contributed by atoms with van der Waals surface area (Å²) in [5, 5.41) is 8.47. The lowest BCUT2D eigenvalue weighted by Crippen LogP contribution is -2.19. The van der Waals surface area contributed by atoms with Gasteiger partial charge in [0.25, 0.3) is 0 Å². The topological polar surface area (TPSA) is 64.8 Å². The zero-order chi connectivity index (χ0) is 46.1. The van der Waals surface area contributed by atoms with Gasteiger partial charge in [0.15, 0.2) is 11.6 Å². The van der Waals surface area contributed by atoms with Gasteiger partial charge in [-0.2, -0.15) is 0 Å². The van der Waals surface area contributed by atoms with Gasteiger partial charge in [0.2, 0.25) is 0 Å². The van der Waals surface area contributed by atoms with Gasteiger partial charge in [-0.25, -0.2) is 0 Å². The monoisotopic (exact) mass is 905 g/mol. The maximum atomic E-state index is 15.5. The van der Waals surface area contributed by atoms with E-state index in [9.17, 15) is 0 Å². The third-order valence-electron chi connectivity index (χ3n) is 17.2. The first-order valence-electron chi connectivity index (χ1n) is 24.6. The number of hydrogen-bond donors (Lipinski definition) is 0. The van der Waals surface area contributed by atoms with Crippen LogP contribution in [0, 0.1) is 0 Å². The zero-order valence-corrected chi connectivity index (χ0v) is 37.8. The Balaban J connectivity index is 1.02. The SMILES string of the molecule is O=C1c2cc3c(cc2C2c4ccccc4C1c1ccccc12)c1cc(-c2c4c(cc5oc6ccccc6c25)oc2ccccc24)cc2c4cc5c(cc4n3c12)C(=O)C1c2ccccc2C5c2ccccc21. The van der Waals surface area contributed by atoms with Crippen LogP contribution in [-0.2, 0) is 0 Å². The van der Waals surface area contributed by atoms with Crippen molar-refractivity contribution in [2.75, 3.05) is 0 Å². The minimum Gasteiger partial charge on any atom is -0.456 e.